The molecule has 2 rings (SSSR count). The number of aromatic nitrogens is 3. The zero-order valence-corrected chi connectivity index (χ0v) is 12.0. The summed E-state index contributed by atoms with van der Waals surface area (Å²) in [5.74, 6) is 1.07. The summed E-state index contributed by atoms with van der Waals surface area (Å²) in [5.41, 5.74) is 3.06. The minimum atomic E-state index is 0.369. The molecule has 1 atom stereocenters. The number of nitrogens with zero attached hydrogens (tertiary/aromatic N) is 3. The van der Waals surface area contributed by atoms with Crippen LogP contribution in [-0.2, 0) is 0 Å². The first kappa shape index (κ1) is 13.0. The molecule has 0 bridgehead atoms. The van der Waals surface area contributed by atoms with Crippen molar-refractivity contribution in [1.82, 2.24) is 15.0 Å². The Kier molecular flexibility index (Phi) is 3.91. The molecular formula is C13H18N4S. The summed E-state index contributed by atoms with van der Waals surface area (Å²) in [4.78, 5) is 13.2. The molecule has 2 heterocycles. The Morgan fingerprint density at radius 1 is 1.11 bits per heavy atom. The predicted octanol–water partition coefficient (Wildman–Crippen LogP) is 3.07. The van der Waals surface area contributed by atoms with Crippen molar-refractivity contribution in [3.05, 3.63) is 33.5 Å². The van der Waals surface area contributed by atoms with Crippen LogP contribution in [0.5, 0.6) is 0 Å². The van der Waals surface area contributed by atoms with Crippen molar-refractivity contribution >= 4 is 17.3 Å². The standard InChI is InChI=1S/C13H18N4S/c1-8(12-15-11(4)7-18-12)6-14-13-16-9(2)5-10(3)17-13/h5,7-8H,6H2,1-4H3,(H,14,16,17)/t8-/m1/s1. The van der Waals surface area contributed by atoms with E-state index in [-0.39, 0.29) is 0 Å². The van der Waals surface area contributed by atoms with Gasteiger partial charge in [0.25, 0.3) is 0 Å². The molecule has 0 radical (unpaired) electrons. The van der Waals surface area contributed by atoms with Gasteiger partial charge in [-0.25, -0.2) is 15.0 Å². The van der Waals surface area contributed by atoms with Gasteiger partial charge < -0.3 is 5.32 Å². The molecule has 0 saturated carbocycles. The first-order valence-corrected chi connectivity index (χ1v) is 6.90. The van der Waals surface area contributed by atoms with E-state index < -0.39 is 0 Å². The normalized spacial score (nSPS) is 12.4. The Hall–Kier alpha value is -1.49. The van der Waals surface area contributed by atoms with Crippen molar-refractivity contribution in [1.29, 1.82) is 0 Å². The van der Waals surface area contributed by atoms with Crippen LogP contribution in [0, 0.1) is 20.8 Å². The summed E-state index contributed by atoms with van der Waals surface area (Å²) >= 11 is 1.71. The monoisotopic (exact) mass is 262 g/mol. The maximum Gasteiger partial charge on any atom is 0.223 e. The van der Waals surface area contributed by atoms with Crippen molar-refractivity contribution in [3.63, 3.8) is 0 Å². The highest BCUT2D eigenvalue weighted by Gasteiger charge is 2.10. The van der Waals surface area contributed by atoms with Crippen molar-refractivity contribution in [2.75, 3.05) is 11.9 Å². The lowest BCUT2D eigenvalue weighted by Gasteiger charge is -2.10. The summed E-state index contributed by atoms with van der Waals surface area (Å²) < 4.78 is 0. The Morgan fingerprint density at radius 2 is 1.78 bits per heavy atom. The topological polar surface area (TPSA) is 50.7 Å². The van der Waals surface area contributed by atoms with Crippen LogP contribution in [0.4, 0.5) is 5.95 Å². The van der Waals surface area contributed by atoms with Crippen LogP contribution in [0.3, 0.4) is 0 Å². The molecule has 0 fully saturated rings. The molecule has 0 saturated heterocycles. The smallest absolute Gasteiger partial charge is 0.223 e. The molecule has 5 heteroatoms. The molecule has 1 N–H and O–H groups in total. The third kappa shape index (κ3) is 3.26. The van der Waals surface area contributed by atoms with E-state index in [9.17, 15) is 0 Å². The number of hydrogen-bond donors (Lipinski definition) is 1. The van der Waals surface area contributed by atoms with E-state index in [0.717, 1.165) is 28.6 Å². The van der Waals surface area contributed by atoms with E-state index in [4.69, 9.17) is 0 Å². The number of nitrogens with one attached hydrogen (secondary N) is 1. The molecule has 0 unspecified atom stereocenters. The summed E-state index contributed by atoms with van der Waals surface area (Å²) in [6.45, 7) is 8.94. The minimum absolute atomic E-state index is 0.369. The van der Waals surface area contributed by atoms with E-state index >= 15 is 0 Å². The number of aryl methyl sites for hydroxylation is 3. The van der Waals surface area contributed by atoms with Crippen LogP contribution in [0.1, 0.15) is 34.9 Å². The van der Waals surface area contributed by atoms with Gasteiger partial charge in [-0.3, -0.25) is 0 Å². The molecule has 0 spiro atoms. The molecule has 2 aromatic heterocycles. The van der Waals surface area contributed by atoms with Gasteiger partial charge in [0, 0.05) is 34.9 Å². The first-order valence-electron chi connectivity index (χ1n) is 6.03. The van der Waals surface area contributed by atoms with Gasteiger partial charge in [0.15, 0.2) is 0 Å². The molecule has 0 amide bonds. The summed E-state index contributed by atoms with van der Waals surface area (Å²) in [6, 6.07) is 1.97. The predicted molar refractivity (Wildman–Crippen MR) is 75.3 cm³/mol. The Bertz CT molecular complexity index is 515. The average molecular weight is 262 g/mol. The van der Waals surface area contributed by atoms with Crippen LogP contribution >= 0.6 is 11.3 Å². The van der Waals surface area contributed by atoms with E-state index in [1.165, 1.54) is 0 Å². The molecule has 0 aromatic carbocycles. The van der Waals surface area contributed by atoms with Gasteiger partial charge in [-0.05, 0) is 26.8 Å². The van der Waals surface area contributed by atoms with Gasteiger partial charge in [0.2, 0.25) is 5.95 Å². The number of hydrogen-bond acceptors (Lipinski definition) is 5. The van der Waals surface area contributed by atoms with Crippen molar-refractivity contribution in [2.45, 2.75) is 33.6 Å². The average Bonchev–Trinajstić information content (AvgIpc) is 2.71. The highest BCUT2D eigenvalue weighted by atomic mass is 32.1. The maximum absolute atomic E-state index is 4.50. The van der Waals surface area contributed by atoms with E-state index in [2.05, 4.69) is 32.6 Å². The minimum Gasteiger partial charge on any atom is -0.354 e. The van der Waals surface area contributed by atoms with Crippen LogP contribution in [0.25, 0.3) is 0 Å². The summed E-state index contributed by atoms with van der Waals surface area (Å²) in [7, 11) is 0. The molecular weight excluding hydrogens is 244 g/mol. The van der Waals surface area contributed by atoms with Crippen molar-refractivity contribution < 1.29 is 0 Å². The fraction of sp³-hybridized carbons (Fsp3) is 0.462. The maximum atomic E-state index is 4.50. The third-order valence-corrected chi connectivity index (χ3v) is 3.80. The van der Waals surface area contributed by atoms with Gasteiger partial charge in [0.1, 0.15) is 0 Å². The molecule has 0 aliphatic rings. The van der Waals surface area contributed by atoms with Crippen molar-refractivity contribution in [3.8, 4) is 0 Å². The molecule has 0 aliphatic carbocycles. The van der Waals surface area contributed by atoms with Gasteiger partial charge >= 0.3 is 0 Å². The molecule has 96 valence electrons. The SMILES string of the molecule is Cc1cc(C)nc(NC[C@@H](C)c2nc(C)cs2)n1. The van der Waals surface area contributed by atoms with Crippen LogP contribution < -0.4 is 5.32 Å². The Balaban J connectivity index is 1.99. The van der Waals surface area contributed by atoms with Crippen LogP contribution in [-0.4, -0.2) is 21.5 Å². The van der Waals surface area contributed by atoms with Crippen LogP contribution in [0.15, 0.2) is 11.4 Å². The third-order valence-electron chi connectivity index (χ3n) is 2.61. The first-order chi connectivity index (χ1) is 8.54. The second kappa shape index (κ2) is 5.44. The number of thiazole rings is 1. The summed E-state index contributed by atoms with van der Waals surface area (Å²) in [5, 5.41) is 6.52. The molecule has 0 aliphatic heterocycles. The molecule has 18 heavy (non-hydrogen) atoms. The second-order valence-electron chi connectivity index (χ2n) is 4.58. The van der Waals surface area contributed by atoms with Gasteiger partial charge in [0.05, 0.1) is 5.01 Å². The lowest BCUT2D eigenvalue weighted by atomic mass is 10.2. The number of anilines is 1. The largest absolute Gasteiger partial charge is 0.354 e. The lowest BCUT2D eigenvalue weighted by molar-refractivity contribution is 0.782. The van der Waals surface area contributed by atoms with Gasteiger partial charge in [-0.1, -0.05) is 6.92 Å². The second-order valence-corrected chi connectivity index (χ2v) is 5.47. The lowest BCUT2D eigenvalue weighted by Crippen LogP contribution is -2.12. The van der Waals surface area contributed by atoms with E-state index in [1.807, 2.05) is 26.8 Å². The zero-order valence-electron chi connectivity index (χ0n) is 11.2. The van der Waals surface area contributed by atoms with Crippen LogP contribution in [0.2, 0.25) is 0 Å². The fourth-order valence-electron chi connectivity index (χ4n) is 1.74. The number of rotatable bonds is 4. The fourth-order valence-corrected chi connectivity index (χ4v) is 2.59. The zero-order chi connectivity index (χ0) is 13.1. The molecule has 2 aromatic rings. The van der Waals surface area contributed by atoms with Crippen molar-refractivity contribution in [2.24, 2.45) is 0 Å². The Labute approximate surface area is 112 Å². The van der Waals surface area contributed by atoms with E-state index in [1.54, 1.807) is 11.3 Å². The quantitative estimate of drug-likeness (QED) is 0.920. The Morgan fingerprint density at radius 3 is 2.33 bits per heavy atom. The molecule has 4 nitrogen and oxygen atoms in total. The van der Waals surface area contributed by atoms with E-state index in [0.29, 0.717) is 11.9 Å². The summed E-state index contributed by atoms with van der Waals surface area (Å²) in [6.07, 6.45) is 0. The van der Waals surface area contributed by atoms with Gasteiger partial charge in [-0.2, -0.15) is 0 Å². The van der Waals surface area contributed by atoms with Gasteiger partial charge in [-0.15, -0.1) is 11.3 Å². The highest BCUT2D eigenvalue weighted by molar-refractivity contribution is 7.09. The highest BCUT2D eigenvalue weighted by Crippen LogP contribution is 2.19.